The summed E-state index contributed by atoms with van der Waals surface area (Å²) in [6.45, 7) is 3.06. The zero-order valence-electron chi connectivity index (χ0n) is 13.4. The highest BCUT2D eigenvalue weighted by Crippen LogP contribution is 2.18. The van der Waals surface area contributed by atoms with Gasteiger partial charge in [-0.1, -0.05) is 19.3 Å². The zero-order chi connectivity index (χ0) is 16.1. The van der Waals surface area contributed by atoms with Gasteiger partial charge >= 0.3 is 0 Å². The van der Waals surface area contributed by atoms with Crippen molar-refractivity contribution in [3.05, 3.63) is 24.0 Å². The molecule has 1 saturated heterocycles. The Morgan fingerprint density at radius 2 is 1.87 bits per heavy atom. The lowest BCUT2D eigenvalue weighted by atomic mass is 9.95. The van der Waals surface area contributed by atoms with Gasteiger partial charge in [-0.05, 0) is 25.0 Å². The Balaban J connectivity index is 1.56. The van der Waals surface area contributed by atoms with E-state index in [0.717, 1.165) is 51.1 Å². The Labute approximate surface area is 136 Å². The largest absolute Gasteiger partial charge is 0.367 e. The molecule has 1 aromatic rings. The minimum absolute atomic E-state index is 0.0748. The van der Waals surface area contributed by atoms with Gasteiger partial charge in [0, 0.05) is 32.2 Å². The van der Waals surface area contributed by atoms with Gasteiger partial charge in [0.15, 0.2) is 0 Å². The predicted molar refractivity (Wildman–Crippen MR) is 88.4 cm³/mol. The molecule has 0 unspecified atom stereocenters. The summed E-state index contributed by atoms with van der Waals surface area (Å²) in [6, 6.07) is 4.04. The fraction of sp³-hybridized carbons (Fsp3) is 0.588. The molecule has 0 radical (unpaired) electrons. The van der Waals surface area contributed by atoms with Gasteiger partial charge in [-0.15, -0.1) is 0 Å². The number of nitrogens with one attached hydrogen (secondary N) is 1. The van der Waals surface area contributed by atoms with Crippen LogP contribution in [0.3, 0.4) is 0 Å². The minimum Gasteiger partial charge on any atom is -0.367 e. The predicted octanol–water partition coefficient (Wildman–Crippen LogP) is 1.42. The van der Waals surface area contributed by atoms with Crippen LogP contribution in [0.4, 0.5) is 5.69 Å². The fourth-order valence-corrected chi connectivity index (χ4v) is 3.30. The number of piperazine rings is 1. The highest BCUT2D eigenvalue weighted by atomic mass is 16.2. The van der Waals surface area contributed by atoms with Gasteiger partial charge in [-0.25, -0.2) is 4.98 Å². The third kappa shape index (κ3) is 4.00. The summed E-state index contributed by atoms with van der Waals surface area (Å²) in [4.78, 5) is 31.3. The molecule has 124 valence electrons. The van der Waals surface area contributed by atoms with Crippen LogP contribution in [0.15, 0.2) is 18.3 Å². The molecule has 1 saturated carbocycles. The summed E-state index contributed by atoms with van der Waals surface area (Å²) in [5.74, 6) is -0.0748. The Morgan fingerprint density at radius 3 is 2.48 bits per heavy atom. The number of pyridine rings is 1. The molecule has 23 heavy (non-hydrogen) atoms. The van der Waals surface area contributed by atoms with Gasteiger partial charge < -0.3 is 15.1 Å². The molecule has 2 aliphatic rings. The van der Waals surface area contributed by atoms with E-state index in [4.69, 9.17) is 0 Å². The number of hydrogen-bond donors (Lipinski definition) is 1. The monoisotopic (exact) mass is 316 g/mol. The summed E-state index contributed by atoms with van der Waals surface area (Å²) in [5, 5.41) is 3.09. The molecule has 0 aromatic carbocycles. The Hall–Kier alpha value is -2.11. The first-order valence-electron chi connectivity index (χ1n) is 8.47. The number of amides is 2. The van der Waals surface area contributed by atoms with Crippen molar-refractivity contribution in [1.82, 2.24) is 15.2 Å². The SMILES string of the molecule is O=CN1CCN(c2ccc(C(=O)NC3CCCCC3)nc2)CC1. The van der Waals surface area contributed by atoms with Crippen LogP contribution >= 0.6 is 0 Å². The van der Waals surface area contributed by atoms with Crippen molar-refractivity contribution in [2.45, 2.75) is 38.1 Å². The lowest BCUT2D eigenvalue weighted by Gasteiger charge is -2.33. The number of rotatable bonds is 4. The maximum atomic E-state index is 12.2. The van der Waals surface area contributed by atoms with Crippen LogP contribution in [-0.4, -0.2) is 54.4 Å². The molecular formula is C17H24N4O2. The van der Waals surface area contributed by atoms with Gasteiger partial charge in [-0.2, -0.15) is 0 Å². The van der Waals surface area contributed by atoms with Crippen LogP contribution in [0.25, 0.3) is 0 Å². The Kier molecular flexibility index (Phi) is 5.10. The Morgan fingerprint density at radius 1 is 1.13 bits per heavy atom. The van der Waals surface area contributed by atoms with E-state index in [1.54, 1.807) is 17.2 Å². The number of hydrogen-bond acceptors (Lipinski definition) is 4. The highest BCUT2D eigenvalue weighted by Gasteiger charge is 2.19. The van der Waals surface area contributed by atoms with E-state index < -0.39 is 0 Å². The molecule has 1 aliphatic carbocycles. The van der Waals surface area contributed by atoms with Crippen LogP contribution in [-0.2, 0) is 4.79 Å². The summed E-state index contributed by atoms with van der Waals surface area (Å²) in [7, 11) is 0. The second kappa shape index (κ2) is 7.44. The molecule has 2 amide bonds. The van der Waals surface area contributed by atoms with Crippen molar-refractivity contribution in [2.24, 2.45) is 0 Å². The van der Waals surface area contributed by atoms with Crippen LogP contribution in [0.5, 0.6) is 0 Å². The molecule has 1 aliphatic heterocycles. The van der Waals surface area contributed by atoms with Crippen LogP contribution in [0.1, 0.15) is 42.6 Å². The van der Waals surface area contributed by atoms with Crippen molar-refractivity contribution in [1.29, 1.82) is 0 Å². The summed E-state index contributed by atoms with van der Waals surface area (Å²) < 4.78 is 0. The summed E-state index contributed by atoms with van der Waals surface area (Å²) in [5.41, 5.74) is 1.48. The average molecular weight is 316 g/mol. The van der Waals surface area contributed by atoms with E-state index in [2.05, 4.69) is 15.2 Å². The fourth-order valence-electron chi connectivity index (χ4n) is 3.30. The number of carbonyl (C=O) groups excluding carboxylic acids is 2. The first-order valence-corrected chi connectivity index (χ1v) is 8.47. The molecule has 1 aromatic heterocycles. The van der Waals surface area contributed by atoms with Gasteiger partial charge in [0.25, 0.3) is 5.91 Å². The van der Waals surface area contributed by atoms with Crippen molar-refractivity contribution in [2.75, 3.05) is 31.1 Å². The van der Waals surface area contributed by atoms with E-state index in [1.807, 2.05) is 6.07 Å². The second-order valence-electron chi connectivity index (χ2n) is 6.34. The van der Waals surface area contributed by atoms with Crippen molar-refractivity contribution in [3.63, 3.8) is 0 Å². The van der Waals surface area contributed by atoms with E-state index >= 15 is 0 Å². The number of anilines is 1. The quantitative estimate of drug-likeness (QED) is 0.853. The van der Waals surface area contributed by atoms with Gasteiger partial charge in [-0.3, -0.25) is 9.59 Å². The Bertz CT molecular complexity index is 532. The molecule has 0 spiro atoms. The van der Waals surface area contributed by atoms with E-state index in [0.29, 0.717) is 11.7 Å². The standard InChI is InChI=1S/C17H24N4O2/c22-13-20-8-10-21(11-9-20)15-6-7-16(18-12-15)17(23)19-14-4-2-1-3-5-14/h6-7,12-14H,1-5,8-11H2,(H,19,23). The number of nitrogens with zero attached hydrogens (tertiary/aromatic N) is 3. The molecule has 6 heteroatoms. The smallest absolute Gasteiger partial charge is 0.270 e. The normalized spacial score (nSPS) is 19.5. The zero-order valence-corrected chi connectivity index (χ0v) is 13.4. The van der Waals surface area contributed by atoms with Crippen LogP contribution < -0.4 is 10.2 Å². The third-order valence-corrected chi connectivity index (χ3v) is 4.75. The lowest BCUT2D eigenvalue weighted by Crippen LogP contribution is -2.45. The van der Waals surface area contributed by atoms with E-state index in [-0.39, 0.29) is 5.91 Å². The van der Waals surface area contributed by atoms with Crippen LogP contribution in [0, 0.1) is 0 Å². The molecule has 1 N–H and O–H groups in total. The highest BCUT2D eigenvalue weighted by molar-refractivity contribution is 5.92. The first-order chi connectivity index (χ1) is 11.3. The molecule has 2 fully saturated rings. The molecule has 0 atom stereocenters. The topological polar surface area (TPSA) is 65.5 Å². The van der Waals surface area contributed by atoms with Crippen LogP contribution in [0.2, 0.25) is 0 Å². The number of aromatic nitrogens is 1. The molecule has 3 rings (SSSR count). The van der Waals surface area contributed by atoms with Gasteiger partial charge in [0.1, 0.15) is 5.69 Å². The molecular weight excluding hydrogens is 292 g/mol. The molecule has 2 heterocycles. The average Bonchev–Trinajstić information content (AvgIpc) is 2.63. The first kappa shape index (κ1) is 15.8. The van der Waals surface area contributed by atoms with E-state index in [1.165, 1.54) is 19.3 Å². The maximum Gasteiger partial charge on any atom is 0.270 e. The van der Waals surface area contributed by atoms with Crippen molar-refractivity contribution < 1.29 is 9.59 Å². The molecule has 6 nitrogen and oxygen atoms in total. The number of carbonyl (C=O) groups is 2. The van der Waals surface area contributed by atoms with Gasteiger partial charge in [0.05, 0.1) is 11.9 Å². The maximum absolute atomic E-state index is 12.2. The van der Waals surface area contributed by atoms with Gasteiger partial charge in [0.2, 0.25) is 6.41 Å². The molecule has 0 bridgehead atoms. The summed E-state index contributed by atoms with van der Waals surface area (Å²) in [6.07, 6.45) is 8.47. The third-order valence-electron chi connectivity index (χ3n) is 4.75. The van der Waals surface area contributed by atoms with Crippen molar-refractivity contribution in [3.8, 4) is 0 Å². The van der Waals surface area contributed by atoms with E-state index in [9.17, 15) is 9.59 Å². The lowest BCUT2D eigenvalue weighted by molar-refractivity contribution is -0.118. The minimum atomic E-state index is -0.0748. The van der Waals surface area contributed by atoms with Crippen molar-refractivity contribution >= 4 is 18.0 Å². The summed E-state index contributed by atoms with van der Waals surface area (Å²) >= 11 is 0. The second-order valence-corrected chi connectivity index (χ2v) is 6.34.